The third kappa shape index (κ3) is 2.54. The van der Waals surface area contributed by atoms with Gasteiger partial charge in [-0.1, -0.05) is 6.07 Å². The Morgan fingerprint density at radius 2 is 1.65 bits per heavy atom. The second-order valence-electron chi connectivity index (χ2n) is 3.60. The number of hydrogen-bond donors (Lipinski definition) is 1. The van der Waals surface area contributed by atoms with Gasteiger partial charge in [-0.3, -0.25) is 0 Å². The lowest BCUT2D eigenvalue weighted by Gasteiger charge is -2.26. The van der Waals surface area contributed by atoms with Crippen molar-refractivity contribution in [1.29, 1.82) is 0 Å². The average molecular weight is 257 g/mol. The Morgan fingerprint density at radius 3 is 2.12 bits per heavy atom. The molecule has 0 saturated carbocycles. The van der Waals surface area contributed by atoms with Crippen LogP contribution in [0, 0.1) is 12.7 Å². The summed E-state index contributed by atoms with van der Waals surface area (Å²) in [5, 5.41) is 0. The van der Waals surface area contributed by atoms with Crippen LogP contribution in [-0.4, -0.2) is 12.1 Å². The van der Waals surface area contributed by atoms with Crippen molar-refractivity contribution in [3.63, 3.8) is 0 Å². The van der Waals surface area contributed by atoms with Gasteiger partial charge in [0.05, 0.1) is 0 Å². The van der Waals surface area contributed by atoms with E-state index in [0.29, 0.717) is 6.07 Å². The molecule has 0 fully saturated rings. The number of nitrogens with two attached hydrogens (primary N) is 1. The Kier molecular flexibility index (Phi) is 3.42. The van der Waals surface area contributed by atoms with E-state index in [1.54, 1.807) is 0 Å². The fraction of sp³-hybridized carbons (Fsp3) is 0.400. The fourth-order valence-corrected chi connectivity index (χ4v) is 1.32. The summed E-state index contributed by atoms with van der Waals surface area (Å²) in [5.41, 5.74) is 4.40. The molecule has 7 heteroatoms. The molecule has 0 aliphatic carbocycles. The third-order valence-electron chi connectivity index (χ3n) is 2.34. The third-order valence-corrected chi connectivity index (χ3v) is 2.34. The lowest BCUT2D eigenvalue weighted by molar-refractivity contribution is -0.291. The maximum Gasteiger partial charge on any atom is 0.455 e. The van der Waals surface area contributed by atoms with Gasteiger partial charge in [0.2, 0.25) is 0 Å². The maximum atomic E-state index is 12.9. The molecule has 1 nitrogen and oxygen atoms in total. The summed E-state index contributed by atoms with van der Waals surface area (Å²) in [6.07, 6.45) is -5.77. The Hall–Kier alpha value is -1.24. The van der Waals surface area contributed by atoms with Gasteiger partial charge in [-0.05, 0) is 30.2 Å². The molecule has 17 heavy (non-hydrogen) atoms. The summed E-state index contributed by atoms with van der Waals surface area (Å²) < 4.78 is 74.9. The van der Waals surface area contributed by atoms with E-state index >= 15 is 0 Å². The normalized spacial score (nSPS) is 14.8. The van der Waals surface area contributed by atoms with E-state index in [1.165, 1.54) is 6.92 Å². The van der Waals surface area contributed by atoms with E-state index in [1.807, 2.05) is 0 Å². The maximum absolute atomic E-state index is 12.9. The monoisotopic (exact) mass is 257 g/mol. The number of hydrogen-bond acceptors (Lipinski definition) is 1. The van der Waals surface area contributed by atoms with Crippen LogP contribution in [0.1, 0.15) is 17.2 Å². The zero-order valence-electron chi connectivity index (χ0n) is 8.65. The van der Waals surface area contributed by atoms with E-state index < -0.39 is 29.5 Å². The molecule has 0 unspecified atom stereocenters. The molecular weight excluding hydrogens is 248 g/mol. The second-order valence-corrected chi connectivity index (χ2v) is 3.60. The largest absolute Gasteiger partial charge is 0.455 e. The van der Waals surface area contributed by atoms with Crippen molar-refractivity contribution >= 4 is 0 Å². The Morgan fingerprint density at radius 1 is 1.12 bits per heavy atom. The molecule has 0 heterocycles. The molecule has 1 aromatic carbocycles. The van der Waals surface area contributed by atoms with Gasteiger partial charge in [-0.25, -0.2) is 4.39 Å². The summed E-state index contributed by atoms with van der Waals surface area (Å²) in [5.74, 6) is -6.02. The highest BCUT2D eigenvalue weighted by Crippen LogP contribution is 2.43. The molecule has 0 aliphatic rings. The van der Waals surface area contributed by atoms with Crippen molar-refractivity contribution in [3.8, 4) is 0 Å². The van der Waals surface area contributed by atoms with Crippen LogP contribution in [-0.2, 0) is 0 Å². The molecule has 0 radical (unpaired) electrons. The van der Waals surface area contributed by atoms with Crippen LogP contribution in [0.25, 0.3) is 0 Å². The average Bonchev–Trinajstić information content (AvgIpc) is 2.19. The van der Waals surface area contributed by atoms with Crippen LogP contribution in [0.4, 0.5) is 26.3 Å². The quantitative estimate of drug-likeness (QED) is 0.808. The predicted molar refractivity (Wildman–Crippen MR) is 49.1 cm³/mol. The van der Waals surface area contributed by atoms with Gasteiger partial charge in [-0.2, -0.15) is 22.0 Å². The number of alkyl halides is 5. The minimum atomic E-state index is -5.77. The fourth-order valence-electron chi connectivity index (χ4n) is 1.32. The van der Waals surface area contributed by atoms with E-state index in [0.717, 1.165) is 12.1 Å². The van der Waals surface area contributed by atoms with Crippen LogP contribution in [0.15, 0.2) is 18.2 Å². The number of rotatable bonds is 2. The minimum Gasteiger partial charge on any atom is -0.319 e. The molecule has 0 aromatic heterocycles. The zero-order chi connectivity index (χ0) is 13.4. The Balaban J connectivity index is 3.21. The van der Waals surface area contributed by atoms with Crippen LogP contribution < -0.4 is 5.73 Å². The summed E-state index contributed by atoms with van der Waals surface area (Å²) in [6, 6.07) is 0.00619. The lowest BCUT2D eigenvalue weighted by Crippen LogP contribution is -2.46. The van der Waals surface area contributed by atoms with Gasteiger partial charge in [0.25, 0.3) is 0 Å². The zero-order valence-corrected chi connectivity index (χ0v) is 8.65. The molecule has 1 aromatic rings. The molecule has 0 spiro atoms. The van der Waals surface area contributed by atoms with Crippen molar-refractivity contribution in [2.45, 2.75) is 25.1 Å². The van der Waals surface area contributed by atoms with Gasteiger partial charge >= 0.3 is 12.1 Å². The highest BCUT2D eigenvalue weighted by atomic mass is 19.4. The second kappa shape index (κ2) is 4.21. The molecule has 0 amide bonds. The molecule has 96 valence electrons. The van der Waals surface area contributed by atoms with Crippen molar-refractivity contribution in [3.05, 3.63) is 35.1 Å². The minimum absolute atomic E-state index is 0.0721. The molecular formula is C10H9F6N. The van der Waals surface area contributed by atoms with Gasteiger partial charge in [0, 0.05) is 0 Å². The highest BCUT2D eigenvalue weighted by Gasteiger charge is 2.61. The van der Waals surface area contributed by atoms with Crippen molar-refractivity contribution in [1.82, 2.24) is 0 Å². The topological polar surface area (TPSA) is 26.0 Å². The van der Waals surface area contributed by atoms with Crippen LogP contribution in [0.3, 0.4) is 0 Å². The molecule has 1 rings (SSSR count). The first-order valence-corrected chi connectivity index (χ1v) is 4.53. The Labute approximate surface area is 93.2 Å². The van der Waals surface area contributed by atoms with Gasteiger partial charge in [0.1, 0.15) is 11.9 Å². The van der Waals surface area contributed by atoms with Gasteiger partial charge in [0.15, 0.2) is 0 Å². The number of halogens is 6. The molecule has 1 atom stereocenters. The molecule has 0 saturated heterocycles. The standard InChI is InChI=1S/C10H9F6N/c1-5-2-3-6(11)4-7(5)8(17)9(12,13)10(14,15)16/h2-4,8H,17H2,1H3/t8-/m1/s1. The summed E-state index contributed by atoms with van der Waals surface area (Å²) in [6.45, 7) is 1.28. The smallest absolute Gasteiger partial charge is 0.319 e. The lowest BCUT2D eigenvalue weighted by atomic mass is 9.96. The van der Waals surface area contributed by atoms with E-state index in [-0.39, 0.29) is 5.56 Å². The molecule has 2 N–H and O–H groups in total. The number of benzene rings is 1. The summed E-state index contributed by atoms with van der Waals surface area (Å²) in [4.78, 5) is 0. The van der Waals surface area contributed by atoms with Crippen LogP contribution in [0.2, 0.25) is 0 Å². The Bertz CT molecular complexity index is 412. The first-order valence-electron chi connectivity index (χ1n) is 4.53. The predicted octanol–water partition coefficient (Wildman–Crippen LogP) is 3.33. The van der Waals surface area contributed by atoms with Gasteiger partial charge in [-0.15, -0.1) is 0 Å². The van der Waals surface area contributed by atoms with E-state index in [4.69, 9.17) is 5.73 Å². The van der Waals surface area contributed by atoms with Crippen molar-refractivity contribution in [2.75, 3.05) is 0 Å². The van der Waals surface area contributed by atoms with E-state index in [2.05, 4.69) is 0 Å². The SMILES string of the molecule is Cc1ccc(F)cc1[C@@H](N)C(F)(F)C(F)(F)F. The molecule has 0 aliphatic heterocycles. The molecule has 0 bridgehead atoms. The van der Waals surface area contributed by atoms with Gasteiger partial charge < -0.3 is 5.73 Å². The summed E-state index contributed by atoms with van der Waals surface area (Å²) >= 11 is 0. The van der Waals surface area contributed by atoms with E-state index in [9.17, 15) is 26.3 Å². The highest BCUT2D eigenvalue weighted by molar-refractivity contribution is 5.31. The van der Waals surface area contributed by atoms with Crippen molar-refractivity contribution in [2.24, 2.45) is 5.73 Å². The van der Waals surface area contributed by atoms with Crippen molar-refractivity contribution < 1.29 is 26.3 Å². The first-order chi connectivity index (χ1) is 7.57. The first kappa shape index (κ1) is 13.8. The van der Waals surface area contributed by atoms with Crippen LogP contribution >= 0.6 is 0 Å². The number of aryl methyl sites for hydroxylation is 1. The van der Waals surface area contributed by atoms with Crippen LogP contribution in [0.5, 0.6) is 0 Å². The summed E-state index contributed by atoms with van der Waals surface area (Å²) in [7, 11) is 0.